The number of guanidine groups is 1. The number of aromatic amines is 1. The maximum absolute atomic E-state index is 14.4. The summed E-state index contributed by atoms with van der Waals surface area (Å²) in [5.74, 6) is -7.67. The number of H-pyrrole nitrogens is 1. The van der Waals surface area contributed by atoms with Gasteiger partial charge in [0.15, 0.2) is 5.96 Å². The van der Waals surface area contributed by atoms with Crippen molar-refractivity contribution >= 4 is 64.8 Å². The number of hydrogen-bond donors (Lipinski definition) is 19. The number of rotatable bonds is 39. The number of imidazole rings is 1. The third-order valence-corrected chi connectivity index (χ3v) is 12.3. The minimum absolute atomic E-state index is 0.0263. The molecule has 31 nitrogen and oxygen atoms in total. The van der Waals surface area contributed by atoms with Gasteiger partial charge in [-0.05, 0) is 110 Å². The van der Waals surface area contributed by atoms with Crippen LogP contribution in [0.3, 0.4) is 0 Å². The highest BCUT2D eigenvalue weighted by molar-refractivity contribution is 6.40. The number of aromatic nitrogens is 2. The van der Waals surface area contributed by atoms with Gasteiger partial charge in [-0.1, -0.05) is 6.08 Å². The molecule has 444 valence electrons. The highest BCUT2D eigenvalue weighted by atomic mass is 16.3. The second kappa shape index (κ2) is 38.5. The zero-order valence-electron chi connectivity index (χ0n) is 44.9. The molecular formula is C48H86N20O11. The van der Waals surface area contributed by atoms with Gasteiger partial charge in [0, 0.05) is 51.0 Å². The molecule has 1 aromatic rings. The van der Waals surface area contributed by atoms with Crippen LogP contribution in [0.15, 0.2) is 29.3 Å². The Kier molecular flexibility index (Phi) is 33.2. The van der Waals surface area contributed by atoms with Gasteiger partial charge in [0.1, 0.15) is 41.6 Å². The number of aliphatic imine (C=N–C) groups is 1. The standard InChI is InChI=1S/C48H86N20O11/c49-15-3-1-10-31(41(73)58-19-6-5-17-51)63-43(75)33(13-8-20-59-48(55)56)64-42(74)32(11-2-4-16-50)65-44(76)35(22-29-26-57-28-61-29)66-45(77)36-14-9-21-68(36)47(79)34(12-7-18-52)62-39(72)27-60-46(78)40(37(70)25-54)67-38(71)23-30(69)24-53/h13,26,28,30-32,35-37,40,69-70H,1-12,14-25,27,49-54H2,(H,57,61)(H,58,73)(H,60,78)(H,63,75)(H,64,74)(H,65,76)(H,66,77)(H,67,71)(H4,55,56,59)/b33-13-,62-34+/t30-,31-,32+,35+,36+,37+,40+/m1/s1. The lowest BCUT2D eigenvalue weighted by Gasteiger charge is -2.28. The highest BCUT2D eigenvalue weighted by Gasteiger charge is 2.39. The Morgan fingerprint density at radius 3 is 2.03 bits per heavy atom. The normalized spacial score (nSPS) is 15.8. The molecule has 0 spiro atoms. The van der Waals surface area contributed by atoms with Crippen LogP contribution in [0.1, 0.15) is 95.6 Å². The van der Waals surface area contributed by atoms with Crippen LogP contribution in [-0.4, -0.2) is 198 Å². The summed E-state index contributed by atoms with van der Waals surface area (Å²) in [4.78, 5) is 135. The minimum atomic E-state index is -1.63. The monoisotopic (exact) mass is 1120 g/mol. The summed E-state index contributed by atoms with van der Waals surface area (Å²) in [6.07, 6.45) is 4.73. The van der Waals surface area contributed by atoms with E-state index in [4.69, 9.17) is 45.5 Å². The third kappa shape index (κ3) is 26.0. The molecule has 0 radical (unpaired) electrons. The molecule has 0 aliphatic carbocycles. The van der Waals surface area contributed by atoms with Gasteiger partial charge in [-0.15, -0.1) is 0 Å². The number of nitrogens with zero attached hydrogens (tertiary/aromatic N) is 3. The predicted molar refractivity (Wildman–Crippen MR) is 291 cm³/mol. The molecule has 1 fully saturated rings. The molecule has 1 aliphatic rings. The van der Waals surface area contributed by atoms with Crippen LogP contribution in [0, 0.1) is 5.41 Å². The van der Waals surface area contributed by atoms with E-state index in [2.05, 4.69) is 57.5 Å². The fourth-order valence-corrected chi connectivity index (χ4v) is 7.97. The summed E-state index contributed by atoms with van der Waals surface area (Å²) >= 11 is 0. The zero-order valence-corrected chi connectivity index (χ0v) is 44.9. The summed E-state index contributed by atoms with van der Waals surface area (Å²) in [6, 6.07) is -6.53. The molecule has 2 heterocycles. The van der Waals surface area contributed by atoms with Crippen LogP contribution in [-0.2, 0) is 49.6 Å². The molecule has 0 unspecified atom stereocenters. The van der Waals surface area contributed by atoms with Gasteiger partial charge >= 0.3 is 0 Å². The van der Waals surface area contributed by atoms with E-state index in [-0.39, 0.29) is 95.0 Å². The number of carbonyl (C=O) groups is 9. The first kappa shape index (κ1) is 68.1. The van der Waals surface area contributed by atoms with Crippen molar-refractivity contribution in [3.63, 3.8) is 0 Å². The van der Waals surface area contributed by atoms with E-state index < -0.39 is 115 Å². The van der Waals surface area contributed by atoms with E-state index in [1.165, 1.54) is 23.5 Å². The van der Waals surface area contributed by atoms with Crippen LogP contribution < -0.4 is 82.7 Å². The number of nitrogens with two attached hydrogens (primary N) is 7. The van der Waals surface area contributed by atoms with E-state index in [0.29, 0.717) is 70.3 Å². The lowest BCUT2D eigenvalue weighted by molar-refractivity contribution is -0.136. The van der Waals surface area contributed by atoms with Crippen molar-refractivity contribution < 1.29 is 53.4 Å². The van der Waals surface area contributed by atoms with Crippen LogP contribution >= 0.6 is 0 Å². The van der Waals surface area contributed by atoms with Crippen molar-refractivity contribution in [1.29, 1.82) is 5.41 Å². The highest BCUT2D eigenvalue weighted by Crippen LogP contribution is 2.20. The molecule has 31 heteroatoms. The molecule has 1 aliphatic heterocycles. The summed E-state index contributed by atoms with van der Waals surface area (Å²) in [6.45, 7) is 0.0827. The molecule has 1 saturated heterocycles. The number of unbranched alkanes of at least 4 members (excludes halogenated alkanes) is 3. The fourth-order valence-electron chi connectivity index (χ4n) is 7.97. The minimum Gasteiger partial charge on any atom is -0.391 e. The smallest absolute Gasteiger partial charge is 0.269 e. The van der Waals surface area contributed by atoms with Crippen molar-refractivity contribution in [2.45, 2.75) is 139 Å². The van der Waals surface area contributed by atoms with Gasteiger partial charge in [-0.3, -0.25) is 48.6 Å². The second-order valence-electron chi connectivity index (χ2n) is 18.7. The van der Waals surface area contributed by atoms with E-state index in [0.717, 1.165) is 0 Å². The van der Waals surface area contributed by atoms with Gasteiger partial charge in [0.05, 0.1) is 31.5 Å². The Balaban J connectivity index is 2.42. The van der Waals surface area contributed by atoms with Crippen molar-refractivity contribution in [2.24, 2.45) is 45.1 Å². The molecule has 9 amide bonds. The quantitative estimate of drug-likeness (QED) is 0.0126. The molecule has 0 aromatic carbocycles. The van der Waals surface area contributed by atoms with Gasteiger partial charge in [-0.2, -0.15) is 0 Å². The Morgan fingerprint density at radius 1 is 0.759 bits per heavy atom. The molecule has 0 bridgehead atoms. The summed E-state index contributed by atoms with van der Waals surface area (Å²) in [5, 5.41) is 48.3. The SMILES string of the molecule is N=C(N)NCC/C=C(\NC(=O)[C@H](CCCCN)NC(=O)[C@H](Cc1cnc[nH]1)NC(=O)[C@@H]1CCCN1C(=O)/C(CCCN)=N/C(=O)CNC(=O)[C@@H](NC(=O)C[C@@H](O)CN)[C@@H](O)CN)C(=O)N[C@H](CCCCN)C(=O)NCCCCN. The van der Waals surface area contributed by atoms with Crippen LogP contribution in [0.5, 0.6) is 0 Å². The average Bonchev–Trinajstić information content (AvgIpc) is 4.17. The Bertz CT molecular complexity index is 2180. The maximum atomic E-state index is 14.4. The lowest BCUT2D eigenvalue weighted by Crippen LogP contribution is -2.57. The van der Waals surface area contributed by atoms with Crippen molar-refractivity contribution in [2.75, 3.05) is 65.4 Å². The summed E-state index contributed by atoms with van der Waals surface area (Å²) in [5.41, 5.74) is 39.0. The summed E-state index contributed by atoms with van der Waals surface area (Å²) < 4.78 is 0. The first-order valence-electron chi connectivity index (χ1n) is 26.6. The van der Waals surface area contributed by atoms with E-state index >= 15 is 0 Å². The van der Waals surface area contributed by atoms with Crippen LogP contribution in [0.4, 0.5) is 0 Å². The molecule has 1 aromatic heterocycles. The zero-order chi connectivity index (χ0) is 58.7. The van der Waals surface area contributed by atoms with Crippen molar-refractivity contribution in [3.05, 3.63) is 30.0 Å². The first-order chi connectivity index (χ1) is 37.8. The third-order valence-electron chi connectivity index (χ3n) is 12.3. The molecule has 2 rings (SSSR count). The van der Waals surface area contributed by atoms with Crippen molar-refractivity contribution in [3.8, 4) is 0 Å². The number of amides is 9. The molecule has 79 heavy (non-hydrogen) atoms. The Labute approximate surface area is 459 Å². The second-order valence-corrected chi connectivity index (χ2v) is 18.7. The lowest BCUT2D eigenvalue weighted by atomic mass is 10.1. The van der Waals surface area contributed by atoms with Crippen LogP contribution in [0.2, 0.25) is 0 Å². The maximum Gasteiger partial charge on any atom is 0.269 e. The largest absolute Gasteiger partial charge is 0.391 e. The molecular weight excluding hydrogens is 1030 g/mol. The number of carbonyl (C=O) groups excluding carboxylic acids is 9. The number of nitrogens with one attached hydrogen (secondary N) is 10. The number of likely N-dealkylation sites (tertiary alicyclic amines) is 1. The van der Waals surface area contributed by atoms with Crippen molar-refractivity contribution in [1.82, 2.24) is 57.4 Å². The van der Waals surface area contributed by atoms with Crippen LogP contribution in [0.25, 0.3) is 0 Å². The number of aliphatic hydroxyl groups is 2. The number of hydrogen-bond acceptors (Lipinski definition) is 19. The van der Waals surface area contributed by atoms with Gasteiger partial charge in [0.25, 0.3) is 17.7 Å². The first-order valence-corrected chi connectivity index (χ1v) is 26.6. The number of aliphatic hydroxyl groups excluding tert-OH is 2. The van der Waals surface area contributed by atoms with Gasteiger partial charge < -0.3 is 103 Å². The molecule has 0 saturated carbocycles. The molecule has 7 atom stereocenters. The average molecular weight is 1120 g/mol. The Morgan fingerprint density at radius 2 is 1.42 bits per heavy atom. The molecule has 26 N–H and O–H groups in total. The Hall–Kier alpha value is -7.00. The van der Waals surface area contributed by atoms with E-state index in [1.807, 2.05) is 0 Å². The van der Waals surface area contributed by atoms with E-state index in [9.17, 15) is 53.4 Å². The summed E-state index contributed by atoms with van der Waals surface area (Å²) in [7, 11) is 0. The van der Waals surface area contributed by atoms with Gasteiger partial charge in [-0.25, -0.2) is 9.98 Å². The van der Waals surface area contributed by atoms with Gasteiger partial charge in [0.2, 0.25) is 35.4 Å². The fraction of sp³-hybridized carbons (Fsp3) is 0.667. The topological polar surface area (TPSA) is 541 Å². The van der Waals surface area contributed by atoms with E-state index in [1.54, 1.807) is 0 Å². The predicted octanol–water partition coefficient (Wildman–Crippen LogP) is -7.28.